The van der Waals surface area contributed by atoms with Crippen LogP contribution in [0.2, 0.25) is 0 Å². The van der Waals surface area contributed by atoms with Gasteiger partial charge in [-0.15, -0.1) is 0 Å². The number of hydrogen-bond acceptors (Lipinski definition) is 5. The lowest BCUT2D eigenvalue weighted by atomic mass is 10.1. The largest absolute Gasteiger partial charge is 0.494 e. The number of rotatable bonds is 7. The van der Waals surface area contributed by atoms with E-state index in [0.717, 1.165) is 10.9 Å². The van der Waals surface area contributed by atoms with Crippen LogP contribution >= 0.6 is 15.9 Å². The number of aromatic carboxylic acids is 1. The van der Waals surface area contributed by atoms with Crippen LogP contribution in [0.25, 0.3) is 10.8 Å². The second kappa shape index (κ2) is 8.91. The lowest BCUT2D eigenvalue weighted by Gasteiger charge is -2.09. The van der Waals surface area contributed by atoms with E-state index in [-0.39, 0.29) is 18.0 Å². The fraction of sp³-hybridized carbons (Fsp3) is 0.190. The van der Waals surface area contributed by atoms with Crippen LogP contribution in [0.5, 0.6) is 11.6 Å². The summed E-state index contributed by atoms with van der Waals surface area (Å²) in [6, 6.07) is 10.0. The van der Waals surface area contributed by atoms with Crippen LogP contribution in [0.1, 0.15) is 34.8 Å². The van der Waals surface area contributed by atoms with Gasteiger partial charge in [0.15, 0.2) is 0 Å². The van der Waals surface area contributed by atoms with Crippen molar-refractivity contribution < 1.29 is 19.7 Å². The average Bonchev–Trinajstić information content (AvgIpc) is 2.68. The van der Waals surface area contributed by atoms with E-state index < -0.39 is 11.5 Å². The van der Waals surface area contributed by atoms with Gasteiger partial charge >= 0.3 is 5.97 Å². The first-order valence-corrected chi connectivity index (χ1v) is 9.73. The summed E-state index contributed by atoms with van der Waals surface area (Å²) in [5, 5.41) is 20.6. The highest BCUT2D eigenvalue weighted by molar-refractivity contribution is 9.10. The van der Waals surface area contributed by atoms with Crippen molar-refractivity contribution in [2.24, 2.45) is 4.99 Å². The lowest BCUT2D eigenvalue weighted by Crippen LogP contribution is -2.08. The Balaban J connectivity index is 1.90. The summed E-state index contributed by atoms with van der Waals surface area (Å²) >= 11 is 3.36. The Bertz CT molecular complexity index is 1150. The number of fused-ring (bicyclic) bond motifs is 1. The van der Waals surface area contributed by atoms with E-state index in [4.69, 9.17) is 4.74 Å². The van der Waals surface area contributed by atoms with E-state index in [1.165, 1.54) is 12.3 Å². The van der Waals surface area contributed by atoms with Crippen molar-refractivity contribution in [3.05, 3.63) is 67.9 Å². The Labute approximate surface area is 174 Å². The molecule has 0 bridgehead atoms. The molecule has 0 unspecified atom stereocenters. The summed E-state index contributed by atoms with van der Waals surface area (Å²) < 4.78 is 6.23. The SMILES string of the molecule is CCCOc1ccc(CN=Cc2c(O)[nH]c(=O)c3ccc(Br)cc23)cc1C(=O)O. The number of carboxylic acid groups (broad SMARTS) is 1. The van der Waals surface area contributed by atoms with E-state index in [1.807, 2.05) is 6.92 Å². The highest BCUT2D eigenvalue weighted by Crippen LogP contribution is 2.25. The van der Waals surface area contributed by atoms with Crippen LogP contribution in [0.3, 0.4) is 0 Å². The van der Waals surface area contributed by atoms with Gasteiger partial charge in [0.05, 0.1) is 18.7 Å². The van der Waals surface area contributed by atoms with Gasteiger partial charge in [-0.25, -0.2) is 4.79 Å². The standard InChI is InChI=1S/C21H19BrN2O5/c1-2-7-29-18-6-3-12(8-16(18)21(27)28)10-23-11-17-15-9-13(22)4-5-14(15)19(25)24-20(17)26/h3-6,8-9,11H,2,7,10H2,1H3,(H,27,28)(H2,24,25,26). The number of aromatic amines is 1. The van der Waals surface area contributed by atoms with Crippen molar-refractivity contribution in [2.75, 3.05) is 6.61 Å². The number of carbonyl (C=O) groups is 1. The first-order valence-electron chi connectivity index (χ1n) is 8.94. The summed E-state index contributed by atoms with van der Waals surface area (Å²) in [6.07, 6.45) is 2.24. The molecular formula is C21H19BrN2O5. The number of pyridine rings is 1. The molecule has 29 heavy (non-hydrogen) atoms. The van der Waals surface area contributed by atoms with Crippen molar-refractivity contribution >= 4 is 38.9 Å². The zero-order chi connectivity index (χ0) is 21.0. The molecule has 3 rings (SSSR count). The molecule has 0 aliphatic heterocycles. The van der Waals surface area contributed by atoms with Gasteiger partial charge in [0, 0.05) is 21.5 Å². The van der Waals surface area contributed by atoms with E-state index in [0.29, 0.717) is 34.3 Å². The Morgan fingerprint density at radius 3 is 2.76 bits per heavy atom. The predicted molar refractivity (Wildman–Crippen MR) is 114 cm³/mol. The second-order valence-corrected chi connectivity index (χ2v) is 7.28. The predicted octanol–water partition coefficient (Wildman–Crippen LogP) is 4.10. The molecule has 0 radical (unpaired) electrons. The Kier molecular flexibility index (Phi) is 6.33. The molecule has 3 N–H and O–H groups in total. The number of aromatic nitrogens is 1. The number of hydrogen-bond donors (Lipinski definition) is 3. The molecule has 8 heteroatoms. The molecule has 0 saturated heterocycles. The van der Waals surface area contributed by atoms with Crippen LogP contribution in [-0.2, 0) is 6.54 Å². The molecule has 0 fully saturated rings. The smallest absolute Gasteiger partial charge is 0.339 e. The third-order valence-corrected chi connectivity index (χ3v) is 4.73. The molecule has 0 aliphatic rings. The molecule has 0 aliphatic carbocycles. The third kappa shape index (κ3) is 4.65. The number of carboxylic acids is 1. The zero-order valence-corrected chi connectivity index (χ0v) is 17.2. The topological polar surface area (TPSA) is 112 Å². The van der Waals surface area contributed by atoms with Crippen LogP contribution < -0.4 is 10.3 Å². The molecule has 0 spiro atoms. The highest BCUT2D eigenvalue weighted by Gasteiger charge is 2.13. The van der Waals surface area contributed by atoms with E-state index >= 15 is 0 Å². The number of nitrogens with zero attached hydrogens (tertiary/aromatic N) is 1. The van der Waals surface area contributed by atoms with Gasteiger partial charge in [-0.1, -0.05) is 28.9 Å². The number of aromatic hydroxyl groups is 1. The fourth-order valence-electron chi connectivity index (χ4n) is 2.86. The average molecular weight is 459 g/mol. The number of nitrogens with one attached hydrogen (secondary N) is 1. The molecule has 1 heterocycles. The van der Waals surface area contributed by atoms with Crippen LogP contribution in [0.4, 0.5) is 0 Å². The molecule has 0 amide bonds. The quantitative estimate of drug-likeness (QED) is 0.461. The molecule has 2 aromatic carbocycles. The van der Waals surface area contributed by atoms with Crippen molar-refractivity contribution in [1.29, 1.82) is 0 Å². The molecule has 150 valence electrons. The molecular weight excluding hydrogens is 440 g/mol. The monoisotopic (exact) mass is 458 g/mol. The molecule has 3 aromatic rings. The maximum Gasteiger partial charge on any atom is 0.339 e. The van der Waals surface area contributed by atoms with Gasteiger partial charge in [-0.2, -0.15) is 0 Å². The van der Waals surface area contributed by atoms with Gasteiger partial charge in [0.1, 0.15) is 11.3 Å². The lowest BCUT2D eigenvalue weighted by molar-refractivity contribution is 0.0692. The fourth-order valence-corrected chi connectivity index (χ4v) is 3.22. The normalized spacial score (nSPS) is 11.2. The van der Waals surface area contributed by atoms with Gasteiger partial charge < -0.3 is 14.9 Å². The van der Waals surface area contributed by atoms with Crippen molar-refractivity contribution in [2.45, 2.75) is 19.9 Å². The van der Waals surface area contributed by atoms with Gasteiger partial charge in [-0.05, 0) is 42.3 Å². The maximum absolute atomic E-state index is 12.0. The summed E-state index contributed by atoms with van der Waals surface area (Å²) in [5.74, 6) is -1.03. The van der Waals surface area contributed by atoms with Gasteiger partial charge in [0.25, 0.3) is 5.56 Å². The number of benzene rings is 2. The minimum absolute atomic E-state index is 0.0763. The number of aliphatic imine (C=N–C) groups is 1. The number of halogens is 1. The van der Waals surface area contributed by atoms with E-state index in [9.17, 15) is 19.8 Å². The molecule has 0 atom stereocenters. The van der Waals surface area contributed by atoms with E-state index in [2.05, 4.69) is 25.9 Å². The van der Waals surface area contributed by atoms with Crippen LogP contribution in [-0.4, -0.2) is 34.0 Å². The second-order valence-electron chi connectivity index (χ2n) is 6.36. The minimum atomic E-state index is -1.07. The van der Waals surface area contributed by atoms with Gasteiger partial charge in [0.2, 0.25) is 5.88 Å². The highest BCUT2D eigenvalue weighted by atomic mass is 79.9. The third-order valence-electron chi connectivity index (χ3n) is 4.23. The minimum Gasteiger partial charge on any atom is -0.494 e. The molecule has 1 aromatic heterocycles. The van der Waals surface area contributed by atoms with Crippen molar-refractivity contribution in [3.63, 3.8) is 0 Å². The zero-order valence-electron chi connectivity index (χ0n) is 15.6. The Hall–Kier alpha value is -3.13. The van der Waals surface area contributed by atoms with Crippen LogP contribution in [0.15, 0.2) is 50.7 Å². The summed E-state index contributed by atoms with van der Waals surface area (Å²) in [7, 11) is 0. The first kappa shape index (κ1) is 20.6. The summed E-state index contributed by atoms with van der Waals surface area (Å²) in [5.41, 5.74) is 0.738. The Morgan fingerprint density at radius 1 is 1.24 bits per heavy atom. The van der Waals surface area contributed by atoms with E-state index in [1.54, 1.807) is 30.3 Å². The van der Waals surface area contributed by atoms with Crippen molar-refractivity contribution in [1.82, 2.24) is 4.98 Å². The number of H-pyrrole nitrogens is 1. The first-order chi connectivity index (χ1) is 13.9. The Morgan fingerprint density at radius 2 is 2.03 bits per heavy atom. The summed E-state index contributed by atoms with van der Waals surface area (Å²) in [4.78, 5) is 30.2. The maximum atomic E-state index is 12.0. The van der Waals surface area contributed by atoms with Gasteiger partial charge in [-0.3, -0.25) is 14.8 Å². The van der Waals surface area contributed by atoms with Crippen molar-refractivity contribution in [3.8, 4) is 11.6 Å². The number of ether oxygens (including phenoxy) is 1. The molecule has 0 saturated carbocycles. The summed E-state index contributed by atoms with van der Waals surface area (Å²) in [6.45, 7) is 2.58. The molecule has 7 nitrogen and oxygen atoms in total. The van der Waals surface area contributed by atoms with Crippen LogP contribution in [0, 0.1) is 0 Å².